The SMILES string of the molecule is O=NCC(=O)N1CC=C(c2cc(F)c(-c3nc4[nH]c(=O)[nH]c4cc3F)c(F)c2)CC1. The Morgan fingerprint density at radius 3 is 2.50 bits per heavy atom. The Bertz CT molecular complexity index is 1240. The fourth-order valence-corrected chi connectivity index (χ4v) is 3.41. The molecule has 1 aromatic carbocycles. The number of carbonyl (C=O) groups is 1. The molecule has 0 unspecified atom stereocenters. The van der Waals surface area contributed by atoms with E-state index in [9.17, 15) is 27.7 Å². The second-order valence-electron chi connectivity index (χ2n) is 6.72. The third-order valence-corrected chi connectivity index (χ3v) is 4.87. The highest BCUT2D eigenvalue weighted by atomic mass is 19.1. The highest BCUT2D eigenvalue weighted by Crippen LogP contribution is 2.32. The molecule has 154 valence electrons. The second kappa shape index (κ2) is 7.58. The second-order valence-corrected chi connectivity index (χ2v) is 6.72. The Balaban J connectivity index is 1.68. The van der Waals surface area contributed by atoms with E-state index in [0.717, 1.165) is 18.2 Å². The van der Waals surface area contributed by atoms with E-state index in [1.807, 2.05) is 0 Å². The minimum atomic E-state index is -1.02. The van der Waals surface area contributed by atoms with Gasteiger partial charge in [0.15, 0.2) is 18.0 Å². The normalized spacial score (nSPS) is 14.1. The van der Waals surface area contributed by atoms with Crippen LogP contribution in [-0.4, -0.2) is 45.4 Å². The van der Waals surface area contributed by atoms with Crippen molar-refractivity contribution in [3.63, 3.8) is 0 Å². The Morgan fingerprint density at radius 1 is 1.13 bits per heavy atom. The van der Waals surface area contributed by atoms with Crippen molar-refractivity contribution in [1.29, 1.82) is 0 Å². The summed E-state index contributed by atoms with van der Waals surface area (Å²) in [6.07, 6.45) is 1.96. The molecule has 0 saturated carbocycles. The number of aromatic nitrogens is 3. The van der Waals surface area contributed by atoms with Crippen molar-refractivity contribution in [3.05, 3.63) is 62.7 Å². The first kappa shape index (κ1) is 19.6. The number of H-pyrrole nitrogens is 2. The Kier molecular flexibility index (Phi) is 4.94. The lowest BCUT2D eigenvalue weighted by atomic mass is 9.96. The molecule has 4 rings (SSSR count). The van der Waals surface area contributed by atoms with Crippen LogP contribution in [0, 0.1) is 22.4 Å². The monoisotopic (exact) mass is 417 g/mol. The number of rotatable bonds is 4. The standard InChI is InChI=1S/C19H14F3N5O3/c20-11-5-10(9-1-3-27(4-2-9)15(28)8-23-30)6-12(21)16(11)17-13(22)7-14-18(25-17)26-19(29)24-14/h1,5-7H,2-4,8H2,(H2,24,25,26,29). The zero-order chi connectivity index (χ0) is 21.4. The number of hydrogen-bond acceptors (Lipinski definition) is 5. The minimum Gasteiger partial charge on any atom is -0.337 e. The molecule has 2 aromatic heterocycles. The van der Waals surface area contributed by atoms with Crippen molar-refractivity contribution in [2.45, 2.75) is 6.42 Å². The molecular weight excluding hydrogens is 403 g/mol. The maximum absolute atomic E-state index is 14.8. The van der Waals surface area contributed by atoms with Crippen molar-refractivity contribution < 1.29 is 18.0 Å². The van der Waals surface area contributed by atoms with Crippen molar-refractivity contribution in [3.8, 4) is 11.3 Å². The molecule has 0 fully saturated rings. The van der Waals surface area contributed by atoms with E-state index in [2.05, 4.69) is 20.1 Å². The fraction of sp³-hybridized carbons (Fsp3) is 0.211. The number of pyridine rings is 1. The lowest BCUT2D eigenvalue weighted by Gasteiger charge is -2.26. The molecular formula is C19H14F3N5O3. The minimum absolute atomic E-state index is 0.0242. The highest BCUT2D eigenvalue weighted by Gasteiger charge is 2.23. The average molecular weight is 417 g/mol. The molecule has 1 aliphatic rings. The molecule has 0 spiro atoms. The predicted octanol–water partition coefficient (Wildman–Crippen LogP) is 2.72. The van der Waals surface area contributed by atoms with Crippen LogP contribution in [-0.2, 0) is 4.79 Å². The van der Waals surface area contributed by atoms with E-state index >= 15 is 0 Å². The summed E-state index contributed by atoms with van der Waals surface area (Å²) in [4.78, 5) is 43.1. The average Bonchev–Trinajstić information content (AvgIpc) is 3.06. The molecule has 2 N–H and O–H groups in total. The number of nitroso groups, excluding NO2 is 1. The van der Waals surface area contributed by atoms with Gasteiger partial charge in [-0.05, 0) is 29.7 Å². The van der Waals surface area contributed by atoms with Gasteiger partial charge in [0.1, 0.15) is 17.3 Å². The predicted molar refractivity (Wildman–Crippen MR) is 102 cm³/mol. The van der Waals surface area contributed by atoms with Gasteiger partial charge in [0.2, 0.25) is 5.91 Å². The first-order valence-corrected chi connectivity index (χ1v) is 8.91. The van der Waals surface area contributed by atoms with Crippen molar-refractivity contribution >= 4 is 22.6 Å². The van der Waals surface area contributed by atoms with Crippen LogP contribution in [0.15, 0.2) is 34.2 Å². The van der Waals surface area contributed by atoms with Gasteiger partial charge in [-0.2, -0.15) is 4.91 Å². The van der Waals surface area contributed by atoms with E-state index < -0.39 is 46.9 Å². The summed E-state index contributed by atoms with van der Waals surface area (Å²) < 4.78 is 44.0. The van der Waals surface area contributed by atoms with E-state index in [0.29, 0.717) is 12.0 Å². The summed E-state index contributed by atoms with van der Waals surface area (Å²) in [5, 5.41) is 2.56. The summed E-state index contributed by atoms with van der Waals surface area (Å²) in [7, 11) is 0. The number of amides is 1. The van der Waals surface area contributed by atoms with Gasteiger partial charge in [0.25, 0.3) is 0 Å². The van der Waals surface area contributed by atoms with Crippen LogP contribution >= 0.6 is 0 Å². The number of benzene rings is 1. The van der Waals surface area contributed by atoms with Crippen LogP contribution < -0.4 is 5.69 Å². The van der Waals surface area contributed by atoms with E-state index in [4.69, 9.17) is 0 Å². The van der Waals surface area contributed by atoms with E-state index in [1.54, 1.807) is 6.08 Å². The van der Waals surface area contributed by atoms with Gasteiger partial charge < -0.3 is 9.88 Å². The number of fused-ring (bicyclic) bond motifs is 1. The lowest BCUT2D eigenvalue weighted by molar-refractivity contribution is -0.129. The zero-order valence-electron chi connectivity index (χ0n) is 15.3. The first-order chi connectivity index (χ1) is 14.4. The van der Waals surface area contributed by atoms with Gasteiger partial charge in [0, 0.05) is 19.2 Å². The number of nitrogens with zero attached hydrogens (tertiary/aromatic N) is 3. The van der Waals surface area contributed by atoms with Crippen LogP contribution in [0.2, 0.25) is 0 Å². The molecule has 30 heavy (non-hydrogen) atoms. The topological polar surface area (TPSA) is 111 Å². The summed E-state index contributed by atoms with van der Waals surface area (Å²) in [6.45, 7) is -0.00228. The smallest absolute Gasteiger partial charge is 0.325 e. The molecule has 0 bridgehead atoms. The third kappa shape index (κ3) is 3.49. The number of aromatic amines is 2. The van der Waals surface area contributed by atoms with Crippen LogP contribution in [0.25, 0.3) is 28.0 Å². The van der Waals surface area contributed by atoms with Gasteiger partial charge in [-0.3, -0.25) is 9.78 Å². The van der Waals surface area contributed by atoms with E-state index in [-0.39, 0.29) is 29.8 Å². The van der Waals surface area contributed by atoms with Crippen LogP contribution in [0.4, 0.5) is 13.2 Å². The summed E-state index contributed by atoms with van der Waals surface area (Å²) >= 11 is 0. The van der Waals surface area contributed by atoms with Gasteiger partial charge >= 0.3 is 5.69 Å². The molecule has 3 heterocycles. The number of halogens is 3. The Labute approximate surface area is 166 Å². The van der Waals surface area contributed by atoms with Crippen molar-refractivity contribution in [2.75, 3.05) is 19.6 Å². The third-order valence-electron chi connectivity index (χ3n) is 4.87. The molecule has 1 amide bonds. The van der Waals surface area contributed by atoms with Crippen LogP contribution in [0.1, 0.15) is 12.0 Å². The molecule has 3 aromatic rings. The molecule has 11 heteroatoms. The van der Waals surface area contributed by atoms with E-state index in [1.165, 1.54) is 4.90 Å². The lowest BCUT2D eigenvalue weighted by Crippen LogP contribution is -2.36. The summed E-state index contributed by atoms with van der Waals surface area (Å²) in [6, 6.07) is 3.07. The molecule has 8 nitrogen and oxygen atoms in total. The maximum atomic E-state index is 14.8. The number of imidazole rings is 1. The molecule has 0 radical (unpaired) electrons. The molecule has 1 aliphatic heterocycles. The summed E-state index contributed by atoms with van der Waals surface area (Å²) in [5.74, 6) is -3.44. The quantitative estimate of drug-likeness (QED) is 0.636. The Hall–Kier alpha value is -3.76. The summed E-state index contributed by atoms with van der Waals surface area (Å²) in [5.41, 5.74) is -0.905. The highest BCUT2D eigenvalue weighted by molar-refractivity contribution is 5.80. The van der Waals surface area contributed by atoms with Gasteiger partial charge in [-0.15, -0.1) is 0 Å². The first-order valence-electron chi connectivity index (χ1n) is 8.91. The fourth-order valence-electron chi connectivity index (χ4n) is 3.41. The number of nitrogens with one attached hydrogen (secondary N) is 2. The number of carbonyl (C=O) groups excluding carboxylic acids is 1. The van der Waals surface area contributed by atoms with Crippen LogP contribution in [0.5, 0.6) is 0 Å². The van der Waals surface area contributed by atoms with Crippen LogP contribution in [0.3, 0.4) is 0 Å². The largest absolute Gasteiger partial charge is 0.337 e. The maximum Gasteiger partial charge on any atom is 0.325 e. The van der Waals surface area contributed by atoms with Gasteiger partial charge in [0.05, 0.1) is 11.1 Å². The van der Waals surface area contributed by atoms with Crippen molar-refractivity contribution in [1.82, 2.24) is 19.9 Å². The molecule has 0 aliphatic carbocycles. The molecule has 0 atom stereocenters. The zero-order valence-corrected chi connectivity index (χ0v) is 15.3. The Morgan fingerprint density at radius 2 is 1.87 bits per heavy atom. The number of hydrogen-bond donors (Lipinski definition) is 2. The molecule has 0 saturated heterocycles. The van der Waals surface area contributed by atoms with Crippen molar-refractivity contribution in [2.24, 2.45) is 5.18 Å². The van der Waals surface area contributed by atoms with Gasteiger partial charge in [-0.25, -0.2) is 22.9 Å². The van der Waals surface area contributed by atoms with Gasteiger partial charge in [-0.1, -0.05) is 11.3 Å².